The van der Waals surface area contributed by atoms with Gasteiger partial charge in [0.1, 0.15) is 0 Å². The number of carbonyl (C=O) groups excluding carboxylic acids is 1. The Balaban J connectivity index is 1.32. The van der Waals surface area contributed by atoms with Crippen molar-refractivity contribution in [3.05, 3.63) is 80.2 Å². The zero-order valence-corrected chi connectivity index (χ0v) is 19.9. The second-order valence-electron chi connectivity index (χ2n) is 8.21. The lowest BCUT2D eigenvalue weighted by Crippen LogP contribution is -2.39. The molecule has 1 fully saturated rings. The van der Waals surface area contributed by atoms with Crippen LogP contribution in [0.25, 0.3) is 11.0 Å². The molecule has 180 valence electrons. The fourth-order valence-electron chi connectivity index (χ4n) is 4.18. The zero-order chi connectivity index (χ0) is 24.5. The summed E-state index contributed by atoms with van der Waals surface area (Å²) in [7, 11) is 0. The van der Waals surface area contributed by atoms with E-state index in [0.29, 0.717) is 48.1 Å². The molecule has 35 heavy (non-hydrogen) atoms. The van der Waals surface area contributed by atoms with Crippen LogP contribution in [0.3, 0.4) is 0 Å². The van der Waals surface area contributed by atoms with Crippen molar-refractivity contribution in [2.45, 2.75) is 25.4 Å². The third kappa shape index (κ3) is 4.71. The second-order valence-corrected chi connectivity index (χ2v) is 9.03. The molecule has 1 aliphatic rings. The minimum atomic E-state index is -0.822. The van der Waals surface area contributed by atoms with Crippen molar-refractivity contribution in [3.63, 3.8) is 0 Å². The molecule has 0 spiro atoms. The fraction of sp³-hybridized carbons (Fsp3) is 0.261. The Kier molecular flexibility index (Phi) is 6.40. The monoisotopic (exact) mass is 515 g/mol. The Hall–Kier alpha value is -3.50. The maximum atomic E-state index is 14.7. The Labute approximate surface area is 208 Å². The lowest BCUT2D eigenvalue weighted by atomic mass is 10.0. The minimum absolute atomic E-state index is 0.0691. The van der Waals surface area contributed by atoms with Crippen LogP contribution in [-0.2, 0) is 6.54 Å². The number of rotatable bonds is 5. The first-order valence-electron chi connectivity index (χ1n) is 11.0. The molecule has 0 saturated carbocycles. The van der Waals surface area contributed by atoms with Gasteiger partial charge in [-0.25, -0.2) is 4.98 Å². The molecule has 3 aromatic heterocycles. The summed E-state index contributed by atoms with van der Waals surface area (Å²) in [6.45, 7) is 1.20. The van der Waals surface area contributed by atoms with Gasteiger partial charge in [-0.05, 0) is 42.7 Å². The van der Waals surface area contributed by atoms with E-state index in [4.69, 9.17) is 23.2 Å². The molecule has 1 amide bonds. The third-order valence-corrected chi connectivity index (χ3v) is 6.70. The van der Waals surface area contributed by atoms with Gasteiger partial charge in [0.25, 0.3) is 17.4 Å². The van der Waals surface area contributed by atoms with E-state index in [1.165, 1.54) is 10.9 Å². The maximum absolute atomic E-state index is 14.7. The van der Waals surface area contributed by atoms with Gasteiger partial charge in [-0.1, -0.05) is 29.3 Å². The molecule has 0 bridgehead atoms. The van der Waals surface area contributed by atoms with Crippen molar-refractivity contribution in [2.24, 2.45) is 0 Å². The van der Waals surface area contributed by atoms with E-state index in [-0.39, 0.29) is 28.9 Å². The van der Waals surface area contributed by atoms with Gasteiger partial charge in [0.05, 0.1) is 21.7 Å². The van der Waals surface area contributed by atoms with Crippen LogP contribution < -0.4 is 10.9 Å². The number of aromatic nitrogens is 5. The molecule has 4 heterocycles. The second kappa shape index (κ2) is 9.63. The van der Waals surface area contributed by atoms with Gasteiger partial charge in [-0.2, -0.15) is 4.39 Å². The number of benzene rings is 1. The van der Waals surface area contributed by atoms with E-state index in [0.717, 1.165) is 5.56 Å². The first-order chi connectivity index (χ1) is 16.9. The first-order valence-corrected chi connectivity index (χ1v) is 11.7. The number of H-pyrrole nitrogens is 1. The van der Waals surface area contributed by atoms with E-state index >= 15 is 0 Å². The standard InChI is InChI=1S/C23H20Cl2FN7O2/c24-16-4-3-13(10-17(16)25)11-28-23-29-18-19(21(34)30-23)33(31-20(18)26)15-5-8-32(9-6-15)22(35)14-2-1-7-27-12-14/h1-4,7,10,12,15H,5-6,8-9,11H2,(H2,28,29,30,34). The van der Waals surface area contributed by atoms with Crippen LogP contribution in [0.15, 0.2) is 47.5 Å². The molecule has 12 heteroatoms. The number of nitrogens with one attached hydrogen (secondary N) is 2. The number of aromatic amines is 1. The molecule has 0 atom stereocenters. The molecule has 0 aliphatic carbocycles. The number of anilines is 1. The Morgan fingerprint density at radius 1 is 1.20 bits per heavy atom. The summed E-state index contributed by atoms with van der Waals surface area (Å²) in [4.78, 5) is 38.1. The van der Waals surface area contributed by atoms with Gasteiger partial charge in [-0.15, -0.1) is 5.10 Å². The SMILES string of the molecule is O=C(c1cccnc1)N1CCC(n2nc(F)c3nc(NCc4ccc(Cl)c(Cl)c4)[nH]c(=O)c32)CC1. The number of hydrogen-bond donors (Lipinski definition) is 2. The summed E-state index contributed by atoms with van der Waals surface area (Å²) >= 11 is 12.0. The van der Waals surface area contributed by atoms with Crippen molar-refractivity contribution in [3.8, 4) is 0 Å². The van der Waals surface area contributed by atoms with Crippen molar-refractivity contribution in [1.82, 2.24) is 29.6 Å². The van der Waals surface area contributed by atoms with Crippen molar-refractivity contribution < 1.29 is 9.18 Å². The molecule has 9 nitrogen and oxygen atoms in total. The van der Waals surface area contributed by atoms with Gasteiger partial charge in [0, 0.05) is 32.0 Å². The number of likely N-dealkylation sites (tertiary alicyclic amines) is 1. The van der Waals surface area contributed by atoms with Crippen molar-refractivity contribution in [2.75, 3.05) is 18.4 Å². The summed E-state index contributed by atoms with van der Waals surface area (Å²) in [6, 6.07) is 8.33. The summed E-state index contributed by atoms with van der Waals surface area (Å²) in [5.41, 5.74) is 0.782. The molecular weight excluding hydrogens is 496 g/mol. The molecule has 0 radical (unpaired) electrons. The number of halogens is 3. The van der Waals surface area contributed by atoms with E-state index in [1.54, 1.807) is 41.4 Å². The van der Waals surface area contributed by atoms with Crippen LogP contribution in [0.1, 0.15) is 34.8 Å². The highest BCUT2D eigenvalue weighted by atomic mass is 35.5. The number of carbonyl (C=O) groups is 1. The third-order valence-electron chi connectivity index (χ3n) is 5.96. The normalized spacial score (nSPS) is 14.4. The lowest BCUT2D eigenvalue weighted by molar-refractivity contribution is 0.0690. The number of hydrogen-bond acceptors (Lipinski definition) is 6. The molecule has 5 rings (SSSR count). The van der Waals surface area contributed by atoms with E-state index in [1.807, 2.05) is 0 Å². The van der Waals surface area contributed by atoms with Gasteiger partial charge < -0.3 is 10.2 Å². The summed E-state index contributed by atoms with van der Waals surface area (Å²) in [6.07, 6.45) is 4.20. The quantitative estimate of drug-likeness (QED) is 0.415. The maximum Gasteiger partial charge on any atom is 0.278 e. The van der Waals surface area contributed by atoms with Crippen LogP contribution in [-0.4, -0.2) is 48.6 Å². The molecule has 1 aliphatic heterocycles. The number of nitrogens with zero attached hydrogens (tertiary/aromatic N) is 5. The van der Waals surface area contributed by atoms with Crippen LogP contribution >= 0.6 is 23.2 Å². The van der Waals surface area contributed by atoms with Gasteiger partial charge in [0.15, 0.2) is 11.0 Å². The van der Waals surface area contributed by atoms with E-state index < -0.39 is 11.5 Å². The van der Waals surface area contributed by atoms with E-state index in [2.05, 4.69) is 25.4 Å². The number of piperidine rings is 1. The van der Waals surface area contributed by atoms with Gasteiger partial charge in [-0.3, -0.25) is 24.2 Å². The lowest BCUT2D eigenvalue weighted by Gasteiger charge is -2.32. The predicted molar refractivity (Wildman–Crippen MR) is 130 cm³/mol. The summed E-state index contributed by atoms with van der Waals surface area (Å²) in [5.74, 6) is -0.813. The molecule has 1 aromatic carbocycles. The number of amides is 1. The highest BCUT2D eigenvalue weighted by Crippen LogP contribution is 2.27. The minimum Gasteiger partial charge on any atom is -0.352 e. The topological polar surface area (TPSA) is 109 Å². The van der Waals surface area contributed by atoms with Gasteiger partial charge >= 0.3 is 0 Å². The predicted octanol–water partition coefficient (Wildman–Crippen LogP) is 4.05. The molecule has 2 N–H and O–H groups in total. The van der Waals surface area contributed by atoms with Crippen molar-refractivity contribution in [1.29, 1.82) is 0 Å². The Bertz CT molecular complexity index is 1450. The molecule has 4 aromatic rings. The summed E-state index contributed by atoms with van der Waals surface area (Å²) < 4.78 is 16.1. The van der Waals surface area contributed by atoms with Crippen LogP contribution in [0.4, 0.5) is 10.3 Å². The van der Waals surface area contributed by atoms with E-state index in [9.17, 15) is 14.0 Å². The highest BCUT2D eigenvalue weighted by Gasteiger charge is 2.28. The average molecular weight is 516 g/mol. The smallest absolute Gasteiger partial charge is 0.278 e. The highest BCUT2D eigenvalue weighted by molar-refractivity contribution is 6.42. The number of pyridine rings is 1. The average Bonchev–Trinajstić information content (AvgIpc) is 3.22. The van der Waals surface area contributed by atoms with Crippen LogP contribution in [0.5, 0.6) is 0 Å². The largest absolute Gasteiger partial charge is 0.352 e. The fourth-order valence-corrected chi connectivity index (χ4v) is 4.50. The molecule has 0 unspecified atom stereocenters. The van der Waals surface area contributed by atoms with Crippen molar-refractivity contribution >= 4 is 46.1 Å². The van der Waals surface area contributed by atoms with Gasteiger partial charge in [0.2, 0.25) is 5.95 Å². The Morgan fingerprint density at radius 2 is 2.00 bits per heavy atom. The molecular formula is C23H20Cl2FN7O2. The van der Waals surface area contributed by atoms with Crippen LogP contribution in [0.2, 0.25) is 10.0 Å². The molecule has 1 saturated heterocycles. The zero-order valence-electron chi connectivity index (χ0n) is 18.3. The number of fused-ring (bicyclic) bond motifs is 1. The first kappa shape index (κ1) is 23.3. The Morgan fingerprint density at radius 3 is 2.71 bits per heavy atom. The summed E-state index contributed by atoms with van der Waals surface area (Å²) in [5, 5.41) is 7.79. The van der Waals surface area contributed by atoms with Crippen LogP contribution in [0, 0.1) is 5.95 Å².